The summed E-state index contributed by atoms with van der Waals surface area (Å²) in [5, 5.41) is 2.06. The van der Waals surface area contributed by atoms with E-state index in [0.717, 1.165) is 6.07 Å². The van der Waals surface area contributed by atoms with Crippen molar-refractivity contribution in [1.29, 1.82) is 0 Å². The molecule has 0 spiro atoms. The number of barbiturate groups is 1. The van der Waals surface area contributed by atoms with Crippen LogP contribution in [0.25, 0.3) is 6.08 Å². The number of rotatable bonds is 7. The predicted molar refractivity (Wildman–Crippen MR) is 109 cm³/mol. The van der Waals surface area contributed by atoms with Crippen LogP contribution in [0.4, 0.5) is 14.9 Å². The maximum atomic E-state index is 14.1. The van der Waals surface area contributed by atoms with Crippen LogP contribution in [0, 0.1) is 5.82 Å². The topological polar surface area (TPSA) is 84.9 Å². The maximum Gasteiger partial charge on any atom is 0.336 e. The number of anilines is 1. The zero-order chi connectivity index (χ0) is 21.7. The van der Waals surface area contributed by atoms with Gasteiger partial charge in [-0.2, -0.15) is 0 Å². The lowest BCUT2D eigenvalue weighted by Crippen LogP contribution is -2.54. The number of imide groups is 2. The van der Waals surface area contributed by atoms with Crippen molar-refractivity contribution >= 4 is 29.6 Å². The molecule has 2 aromatic carbocycles. The Hall–Kier alpha value is -3.94. The summed E-state index contributed by atoms with van der Waals surface area (Å²) in [7, 11) is 0. The van der Waals surface area contributed by atoms with Crippen LogP contribution >= 0.6 is 0 Å². The van der Waals surface area contributed by atoms with Gasteiger partial charge in [-0.05, 0) is 42.8 Å². The maximum absolute atomic E-state index is 14.1. The summed E-state index contributed by atoms with van der Waals surface area (Å²) in [6, 6.07) is 9.14. The minimum atomic E-state index is -1.02. The van der Waals surface area contributed by atoms with E-state index in [9.17, 15) is 18.8 Å². The summed E-state index contributed by atoms with van der Waals surface area (Å²) in [6.07, 6.45) is 2.89. The molecule has 1 saturated heterocycles. The molecule has 0 atom stereocenters. The molecule has 4 amide bonds. The average Bonchev–Trinajstić information content (AvgIpc) is 2.72. The zero-order valence-corrected chi connectivity index (χ0v) is 16.2. The van der Waals surface area contributed by atoms with Crippen molar-refractivity contribution in [2.45, 2.75) is 6.92 Å². The monoisotopic (exact) mass is 410 g/mol. The van der Waals surface area contributed by atoms with Crippen LogP contribution in [0.1, 0.15) is 12.5 Å². The molecule has 1 fully saturated rings. The number of nitrogens with zero attached hydrogens (tertiary/aromatic N) is 1. The highest BCUT2D eigenvalue weighted by Crippen LogP contribution is 2.30. The van der Waals surface area contributed by atoms with Gasteiger partial charge in [-0.25, -0.2) is 14.1 Å². The summed E-state index contributed by atoms with van der Waals surface area (Å²) in [5.41, 5.74) is -0.104. The summed E-state index contributed by atoms with van der Waals surface area (Å²) < 4.78 is 25.2. The van der Waals surface area contributed by atoms with Gasteiger partial charge in [-0.1, -0.05) is 30.9 Å². The summed E-state index contributed by atoms with van der Waals surface area (Å²) in [4.78, 5) is 37.9. The van der Waals surface area contributed by atoms with E-state index < -0.39 is 23.7 Å². The summed E-state index contributed by atoms with van der Waals surface area (Å²) in [5.74, 6) is -1.68. The lowest BCUT2D eigenvalue weighted by atomic mass is 10.1. The zero-order valence-electron chi connectivity index (χ0n) is 16.2. The molecule has 0 saturated carbocycles. The van der Waals surface area contributed by atoms with Gasteiger partial charge < -0.3 is 9.47 Å². The number of hydrogen-bond donors (Lipinski definition) is 1. The molecular weight excluding hydrogens is 391 g/mol. The van der Waals surface area contributed by atoms with Crippen molar-refractivity contribution in [3.63, 3.8) is 0 Å². The molecule has 0 aliphatic carbocycles. The van der Waals surface area contributed by atoms with E-state index in [1.165, 1.54) is 24.3 Å². The van der Waals surface area contributed by atoms with Gasteiger partial charge in [0.2, 0.25) is 0 Å². The Kier molecular flexibility index (Phi) is 6.26. The van der Waals surface area contributed by atoms with E-state index in [0.29, 0.717) is 28.6 Å². The fraction of sp³-hybridized carbons (Fsp3) is 0.136. The third-order valence-electron chi connectivity index (χ3n) is 4.13. The van der Waals surface area contributed by atoms with Gasteiger partial charge in [-0.15, -0.1) is 0 Å². The molecule has 2 aromatic rings. The Bertz CT molecular complexity index is 1050. The quantitative estimate of drug-likeness (QED) is 0.429. The van der Waals surface area contributed by atoms with Gasteiger partial charge in [0.25, 0.3) is 11.8 Å². The molecule has 8 heteroatoms. The smallest absolute Gasteiger partial charge is 0.336 e. The number of hydrogen-bond acceptors (Lipinski definition) is 5. The molecule has 1 heterocycles. The Labute approximate surface area is 172 Å². The van der Waals surface area contributed by atoms with Crippen molar-refractivity contribution in [3.05, 3.63) is 72.1 Å². The fourth-order valence-corrected chi connectivity index (χ4v) is 2.83. The van der Waals surface area contributed by atoms with Crippen molar-refractivity contribution < 1.29 is 28.2 Å². The summed E-state index contributed by atoms with van der Waals surface area (Å²) >= 11 is 0. The first-order valence-electron chi connectivity index (χ1n) is 9.12. The van der Waals surface area contributed by atoms with Gasteiger partial charge in [0.05, 0.1) is 12.3 Å². The van der Waals surface area contributed by atoms with E-state index in [-0.39, 0.29) is 17.9 Å². The van der Waals surface area contributed by atoms with Gasteiger partial charge in [0, 0.05) is 0 Å². The van der Waals surface area contributed by atoms with E-state index >= 15 is 0 Å². The average molecular weight is 410 g/mol. The largest absolute Gasteiger partial charge is 0.490 e. The number of para-hydroxylation sites is 1. The minimum absolute atomic E-state index is 0.249. The number of halogens is 1. The van der Waals surface area contributed by atoms with Crippen molar-refractivity contribution in [2.24, 2.45) is 0 Å². The molecule has 0 aromatic heterocycles. The van der Waals surface area contributed by atoms with Crippen molar-refractivity contribution in [2.75, 3.05) is 18.1 Å². The van der Waals surface area contributed by atoms with Crippen LogP contribution < -0.4 is 19.7 Å². The highest BCUT2D eigenvalue weighted by Gasteiger charge is 2.37. The second kappa shape index (κ2) is 9.04. The number of carbonyl (C=O) groups is 3. The SMILES string of the molecule is C=CCOc1ccc(/C=C2/C(=O)NC(=O)N(c3ccccc3F)C2=O)cc1OCC. The van der Waals surface area contributed by atoms with Crippen molar-refractivity contribution in [1.82, 2.24) is 5.32 Å². The first-order chi connectivity index (χ1) is 14.5. The fourth-order valence-electron chi connectivity index (χ4n) is 2.83. The number of carbonyl (C=O) groups excluding carboxylic acids is 3. The van der Waals surface area contributed by atoms with E-state index in [2.05, 4.69) is 11.9 Å². The lowest BCUT2D eigenvalue weighted by Gasteiger charge is -2.26. The molecule has 0 unspecified atom stereocenters. The standard InChI is InChI=1S/C22H19FN2O5/c1-3-11-30-18-10-9-14(13-19(18)29-4-2)12-15-20(26)24-22(28)25(21(15)27)17-8-6-5-7-16(17)23/h3,5-10,12-13H,1,4,11H2,2H3,(H,24,26,28)/b15-12-. The second-order valence-corrected chi connectivity index (χ2v) is 6.15. The minimum Gasteiger partial charge on any atom is -0.490 e. The van der Waals surface area contributed by atoms with Crippen LogP contribution in [-0.4, -0.2) is 31.1 Å². The number of benzene rings is 2. The van der Waals surface area contributed by atoms with Gasteiger partial charge in [0.1, 0.15) is 18.0 Å². The Balaban J connectivity index is 1.99. The summed E-state index contributed by atoms with van der Waals surface area (Å²) in [6.45, 7) is 6.05. The highest BCUT2D eigenvalue weighted by molar-refractivity contribution is 6.39. The van der Waals surface area contributed by atoms with Crippen LogP contribution in [0.5, 0.6) is 11.5 Å². The molecule has 154 valence electrons. The third kappa shape index (κ3) is 4.22. The number of ether oxygens (including phenoxy) is 2. The number of nitrogens with one attached hydrogen (secondary N) is 1. The van der Waals surface area contributed by atoms with Crippen LogP contribution in [-0.2, 0) is 9.59 Å². The Morgan fingerprint density at radius 1 is 1.10 bits per heavy atom. The molecule has 1 aliphatic rings. The van der Waals surface area contributed by atoms with Crippen molar-refractivity contribution in [3.8, 4) is 11.5 Å². The molecule has 3 rings (SSSR count). The molecule has 0 radical (unpaired) electrons. The number of urea groups is 1. The molecule has 1 N–H and O–H groups in total. The Morgan fingerprint density at radius 2 is 1.87 bits per heavy atom. The second-order valence-electron chi connectivity index (χ2n) is 6.15. The molecule has 0 bridgehead atoms. The normalized spacial score (nSPS) is 15.2. The van der Waals surface area contributed by atoms with Gasteiger partial charge in [0.15, 0.2) is 11.5 Å². The molecule has 30 heavy (non-hydrogen) atoms. The molecule has 7 nitrogen and oxygen atoms in total. The number of amides is 4. The molecule has 1 aliphatic heterocycles. The van der Waals surface area contributed by atoms with Crippen LogP contribution in [0.2, 0.25) is 0 Å². The third-order valence-corrected chi connectivity index (χ3v) is 4.13. The first kappa shape index (κ1) is 20.8. The molecular formula is C22H19FN2O5. The van der Waals surface area contributed by atoms with Crippen LogP contribution in [0.3, 0.4) is 0 Å². The Morgan fingerprint density at radius 3 is 2.57 bits per heavy atom. The lowest BCUT2D eigenvalue weighted by molar-refractivity contribution is -0.122. The predicted octanol–water partition coefficient (Wildman–Crippen LogP) is 3.46. The van der Waals surface area contributed by atoms with E-state index in [4.69, 9.17) is 9.47 Å². The highest BCUT2D eigenvalue weighted by atomic mass is 19.1. The first-order valence-corrected chi connectivity index (χ1v) is 9.12. The van der Waals surface area contributed by atoms with E-state index in [1.807, 2.05) is 0 Å². The van der Waals surface area contributed by atoms with E-state index in [1.54, 1.807) is 31.2 Å². The van der Waals surface area contributed by atoms with Crippen LogP contribution in [0.15, 0.2) is 60.7 Å². The van der Waals surface area contributed by atoms with Gasteiger partial charge in [-0.3, -0.25) is 14.9 Å². The van der Waals surface area contributed by atoms with Gasteiger partial charge >= 0.3 is 6.03 Å².